The van der Waals surface area contributed by atoms with Crippen molar-refractivity contribution in [2.75, 3.05) is 6.54 Å². The number of pyridine rings is 2. The average Bonchev–Trinajstić information content (AvgIpc) is 3.14. The standard InChI is InChI=1S/C20H17N5O2/c26-20(22-11-9-15-8-4-5-13-25(15)27)16-10-12-21-19-17(16)23-18(24-19)14-6-2-1-3-7-14/h1-8,10,12-13H,9,11H2,(H,22,26)(H,21,23,24). The second-order valence-electron chi connectivity index (χ2n) is 6.03. The zero-order chi connectivity index (χ0) is 18.6. The number of carbonyl (C=O) groups is 1. The van der Waals surface area contributed by atoms with Crippen LogP contribution in [-0.2, 0) is 6.42 Å². The molecule has 0 atom stereocenters. The van der Waals surface area contributed by atoms with Crippen LogP contribution in [0, 0.1) is 5.21 Å². The average molecular weight is 359 g/mol. The molecule has 4 rings (SSSR count). The summed E-state index contributed by atoms with van der Waals surface area (Å²) in [7, 11) is 0. The fourth-order valence-corrected chi connectivity index (χ4v) is 2.88. The van der Waals surface area contributed by atoms with Crippen molar-refractivity contribution in [2.45, 2.75) is 6.42 Å². The molecule has 4 aromatic rings. The molecule has 0 fully saturated rings. The minimum absolute atomic E-state index is 0.248. The fraction of sp³-hybridized carbons (Fsp3) is 0.100. The van der Waals surface area contributed by atoms with Crippen LogP contribution in [0.2, 0.25) is 0 Å². The number of benzene rings is 1. The van der Waals surface area contributed by atoms with Crippen LogP contribution in [-0.4, -0.2) is 27.4 Å². The minimum atomic E-state index is -0.248. The molecule has 0 unspecified atom stereocenters. The summed E-state index contributed by atoms with van der Waals surface area (Å²) in [4.78, 5) is 24.6. The molecule has 3 aromatic heterocycles. The predicted octanol–water partition coefficient (Wildman–Crippen LogP) is 2.23. The van der Waals surface area contributed by atoms with E-state index in [4.69, 9.17) is 0 Å². The molecule has 0 radical (unpaired) electrons. The first kappa shape index (κ1) is 16.7. The van der Waals surface area contributed by atoms with Gasteiger partial charge < -0.3 is 15.5 Å². The largest absolute Gasteiger partial charge is 0.619 e. The van der Waals surface area contributed by atoms with Gasteiger partial charge in [-0.15, -0.1) is 0 Å². The van der Waals surface area contributed by atoms with Crippen LogP contribution in [0.5, 0.6) is 0 Å². The van der Waals surface area contributed by atoms with E-state index in [1.807, 2.05) is 30.3 Å². The Bertz CT molecular complexity index is 1090. The molecule has 2 N–H and O–H groups in total. The van der Waals surface area contributed by atoms with Gasteiger partial charge in [-0.2, -0.15) is 4.73 Å². The third-order valence-electron chi connectivity index (χ3n) is 4.25. The Morgan fingerprint density at radius 3 is 2.74 bits per heavy atom. The van der Waals surface area contributed by atoms with E-state index >= 15 is 0 Å². The van der Waals surface area contributed by atoms with Crippen molar-refractivity contribution in [3.8, 4) is 11.4 Å². The summed E-state index contributed by atoms with van der Waals surface area (Å²) in [6.45, 7) is 0.352. The number of fused-ring (bicyclic) bond motifs is 1. The summed E-state index contributed by atoms with van der Waals surface area (Å²) in [6.07, 6.45) is 3.46. The molecule has 0 aliphatic rings. The number of hydrogen-bond donors (Lipinski definition) is 2. The number of carbonyl (C=O) groups excluding carboxylic acids is 1. The van der Waals surface area contributed by atoms with Gasteiger partial charge in [-0.05, 0) is 6.07 Å². The van der Waals surface area contributed by atoms with Crippen molar-refractivity contribution in [3.05, 3.63) is 83.5 Å². The Kier molecular flexibility index (Phi) is 4.49. The zero-order valence-corrected chi connectivity index (χ0v) is 14.4. The van der Waals surface area contributed by atoms with Crippen LogP contribution in [0.1, 0.15) is 16.1 Å². The summed E-state index contributed by atoms with van der Waals surface area (Å²) in [6, 6.07) is 16.5. The third-order valence-corrected chi connectivity index (χ3v) is 4.25. The molecule has 0 spiro atoms. The second-order valence-corrected chi connectivity index (χ2v) is 6.03. The van der Waals surface area contributed by atoms with E-state index in [0.29, 0.717) is 41.2 Å². The Hall–Kier alpha value is -3.74. The molecule has 1 amide bonds. The first-order valence-corrected chi connectivity index (χ1v) is 8.58. The van der Waals surface area contributed by atoms with E-state index in [0.717, 1.165) is 10.3 Å². The lowest BCUT2D eigenvalue weighted by Gasteiger charge is -2.06. The monoisotopic (exact) mass is 359 g/mol. The lowest BCUT2D eigenvalue weighted by molar-refractivity contribution is -0.613. The molecular weight excluding hydrogens is 342 g/mol. The van der Waals surface area contributed by atoms with Gasteiger partial charge in [0.2, 0.25) is 0 Å². The number of H-pyrrole nitrogens is 1. The van der Waals surface area contributed by atoms with Crippen molar-refractivity contribution in [1.82, 2.24) is 20.3 Å². The van der Waals surface area contributed by atoms with Gasteiger partial charge in [0.25, 0.3) is 5.91 Å². The fourth-order valence-electron chi connectivity index (χ4n) is 2.88. The highest BCUT2D eigenvalue weighted by molar-refractivity contribution is 6.04. The molecule has 7 heteroatoms. The maximum atomic E-state index is 12.6. The Balaban J connectivity index is 1.53. The Labute approximate surface area is 155 Å². The first-order chi connectivity index (χ1) is 13.2. The quantitative estimate of drug-likeness (QED) is 0.422. The van der Waals surface area contributed by atoms with Gasteiger partial charge >= 0.3 is 0 Å². The van der Waals surface area contributed by atoms with E-state index < -0.39 is 0 Å². The second kappa shape index (κ2) is 7.25. The van der Waals surface area contributed by atoms with Gasteiger partial charge in [0.15, 0.2) is 17.5 Å². The Morgan fingerprint density at radius 1 is 1.11 bits per heavy atom. The first-order valence-electron chi connectivity index (χ1n) is 8.58. The van der Waals surface area contributed by atoms with Gasteiger partial charge in [-0.1, -0.05) is 36.4 Å². The number of nitrogens with zero attached hydrogens (tertiary/aromatic N) is 3. The molecule has 1 aromatic carbocycles. The van der Waals surface area contributed by atoms with Crippen molar-refractivity contribution in [1.29, 1.82) is 0 Å². The van der Waals surface area contributed by atoms with Gasteiger partial charge in [0.05, 0.1) is 12.0 Å². The Morgan fingerprint density at radius 2 is 1.93 bits per heavy atom. The molecule has 0 aliphatic heterocycles. The molecule has 7 nitrogen and oxygen atoms in total. The SMILES string of the molecule is O=C(NCCc1cccc[n+]1[O-])c1ccnc2[nH]c(-c3ccccc3)nc12. The topological polar surface area (TPSA) is 97.6 Å². The van der Waals surface area contributed by atoms with E-state index in [-0.39, 0.29) is 5.91 Å². The number of hydrogen-bond acceptors (Lipinski definition) is 4. The van der Waals surface area contributed by atoms with Gasteiger partial charge in [0, 0.05) is 30.4 Å². The summed E-state index contributed by atoms with van der Waals surface area (Å²) in [5.41, 5.74) is 3.05. The maximum absolute atomic E-state index is 12.6. The maximum Gasteiger partial charge on any atom is 0.253 e. The van der Waals surface area contributed by atoms with E-state index in [9.17, 15) is 10.0 Å². The third kappa shape index (κ3) is 3.48. The number of imidazole rings is 1. The molecule has 134 valence electrons. The molecule has 3 heterocycles. The van der Waals surface area contributed by atoms with Crippen LogP contribution >= 0.6 is 0 Å². The minimum Gasteiger partial charge on any atom is -0.619 e. The van der Waals surface area contributed by atoms with Crippen molar-refractivity contribution < 1.29 is 9.52 Å². The van der Waals surface area contributed by atoms with Gasteiger partial charge in [0.1, 0.15) is 11.3 Å². The van der Waals surface area contributed by atoms with E-state index in [1.54, 1.807) is 30.5 Å². The number of aromatic nitrogens is 4. The highest BCUT2D eigenvalue weighted by atomic mass is 16.5. The van der Waals surface area contributed by atoms with Crippen molar-refractivity contribution in [2.24, 2.45) is 0 Å². The molecule has 0 aliphatic carbocycles. The summed E-state index contributed by atoms with van der Waals surface area (Å²) >= 11 is 0. The highest BCUT2D eigenvalue weighted by Gasteiger charge is 2.15. The van der Waals surface area contributed by atoms with Crippen molar-refractivity contribution >= 4 is 17.1 Å². The van der Waals surface area contributed by atoms with E-state index in [1.165, 1.54) is 6.20 Å². The van der Waals surface area contributed by atoms with Gasteiger partial charge in [-0.25, -0.2) is 9.97 Å². The zero-order valence-electron chi connectivity index (χ0n) is 14.4. The van der Waals surface area contributed by atoms with Crippen LogP contribution in [0.4, 0.5) is 0 Å². The van der Waals surface area contributed by atoms with Crippen LogP contribution in [0.25, 0.3) is 22.6 Å². The number of rotatable bonds is 5. The normalized spacial score (nSPS) is 10.8. The van der Waals surface area contributed by atoms with Gasteiger partial charge in [-0.3, -0.25) is 4.79 Å². The summed E-state index contributed by atoms with van der Waals surface area (Å²) in [5, 5.41) is 14.5. The number of aromatic amines is 1. The lowest BCUT2D eigenvalue weighted by Crippen LogP contribution is -2.34. The summed E-state index contributed by atoms with van der Waals surface area (Å²) < 4.78 is 0.802. The predicted molar refractivity (Wildman–Crippen MR) is 101 cm³/mol. The molecule has 27 heavy (non-hydrogen) atoms. The number of nitrogens with one attached hydrogen (secondary N) is 2. The van der Waals surface area contributed by atoms with Crippen LogP contribution < -0.4 is 10.0 Å². The smallest absolute Gasteiger partial charge is 0.253 e. The molecule has 0 saturated carbocycles. The van der Waals surface area contributed by atoms with Crippen molar-refractivity contribution in [3.63, 3.8) is 0 Å². The highest BCUT2D eigenvalue weighted by Crippen LogP contribution is 2.21. The molecular formula is C20H17N5O2. The molecule has 0 bridgehead atoms. The van der Waals surface area contributed by atoms with Crippen LogP contribution in [0.3, 0.4) is 0 Å². The van der Waals surface area contributed by atoms with Crippen LogP contribution in [0.15, 0.2) is 67.0 Å². The lowest BCUT2D eigenvalue weighted by atomic mass is 10.2. The molecule has 0 saturated heterocycles. The van der Waals surface area contributed by atoms with E-state index in [2.05, 4.69) is 20.3 Å². The number of amides is 1. The summed E-state index contributed by atoms with van der Waals surface area (Å²) in [5.74, 6) is 0.414.